The molecule has 1 saturated heterocycles. The van der Waals surface area contributed by atoms with Gasteiger partial charge in [0.25, 0.3) is 0 Å². The van der Waals surface area contributed by atoms with E-state index >= 15 is 0 Å². The first-order valence-corrected chi connectivity index (χ1v) is 8.00. The number of nitrogens with zero attached hydrogens (tertiary/aromatic N) is 2. The molecule has 1 aliphatic heterocycles. The van der Waals surface area contributed by atoms with Crippen molar-refractivity contribution in [2.24, 2.45) is 16.7 Å². The van der Waals surface area contributed by atoms with Crippen molar-refractivity contribution in [3.05, 3.63) is 0 Å². The lowest BCUT2D eigenvalue weighted by Crippen LogP contribution is -2.57. The van der Waals surface area contributed by atoms with Crippen molar-refractivity contribution in [1.29, 1.82) is 0 Å². The topological polar surface area (TPSA) is 66.9 Å². The van der Waals surface area contributed by atoms with Gasteiger partial charge in [-0.1, -0.05) is 13.8 Å². The van der Waals surface area contributed by atoms with Crippen LogP contribution in [0.5, 0.6) is 0 Å². The van der Waals surface area contributed by atoms with Gasteiger partial charge in [-0.3, -0.25) is 9.59 Å². The SMILES string of the molecule is COC(=O)N1CCN(C(=O)C23CCC(CC2=O)C3(C)C)CC1. The Morgan fingerprint density at radius 1 is 1.14 bits per heavy atom. The van der Waals surface area contributed by atoms with Crippen LogP contribution in [0.3, 0.4) is 0 Å². The highest BCUT2D eigenvalue weighted by Crippen LogP contribution is 2.64. The maximum Gasteiger partial charge on any atom is 0.409 e. The zero-order valence-electron chi connectivity index (χ0n) is 13.6. The summed E-state index contributed by atoms with van der Waals surface area (Å²) in [6.45, 7) is 6.02. The lowest BCUT2D eigenvalue weighted by Gasteiger charge is -2.42. The van der Waals surface area contributed by atoms with Gasteiger partial charge in [-0.05, 0) is 24.2 Å². The van der Waals surface area contributed by atoms with Crippen LogP contribution in [-0.2, 0) is 14.3 Å². The van der Waals surface area contributed by atoms with E-state index in [1.807, 2.05) is 0 Å². The van der Waals surface area contributed by atoms with Gasteiger partial charge in [0.1, 0.15) is 11.2 Å². The first-order chi connectivity index (χ1) is 10.3. The van der Waals surface area contributed by atoms with Crippen molar-refractivity contribution < 1.29 is 19.1 Å². The normalized spacial score (nSPS) is 33.2. The minimum atomic E-state index is -0.828. The van der Waals surface area contributed by atoms with Crippen LogP contribution in [0.2, 0.25) is 0 Å². The van der Waals surface area contributed by atoms with E-state index in [-0.39, 0.29) is 23.2 Å². The number of carbonyl (C=O) groups is 3. The lowest BCUT2D eigenvalue weighted by atomic mass is 9.68. The zero-order valence-corrected chi connectivity index (χ0v) is 13.6. The molecule has 0 N–H and O–H groups in total. The summed E-state index contributed by atoms with van der Waals surface area (Å²) in [4.78, 5) is 40.6. The van der Waals surface area contributed by atoms with Crippen molar-refractivity contribution >= 4 is 17.8 Å². The highest BCUT2D eigenvalue weighted by Gasteiger charge is 2.68. The van der Waals surface area contributed by atoms with Gasteiger partial charge in [0.15, 0.2) is 0 Å². The van der Waals surface area contributed by atoms with Crippen molar-refractivity contribution in [1.82, 2.24) is 9.80 Å². The van der Waals surface area contributed by atoms with Crippen LogP contribution in [0.25, 0.3) is 0 Å². The monoisotopic (exact) mass is 308 g/mol. The first-order valence-electron chi connectivity index (χ1n) is 8.00. The number of methoxy groups -OCH3 is 1. The number of carbonyl (C=O) groups excluding carboxylic acids is 3. The van der Waals surface area contributed by atoms with Crippen molar-refractivity contribution in [2.75, 3.05) is 33.3 Å². The fourth-order valence-corrected chi connectivity index (χ4v) is 4.67. The molecule has 0 aromatic rings. The van der Waals surface area contributed by atoms with Gasteiger partial charge < -0.3 is 14.5 Å². The predicted octanol–water partition coefficient (Wildman–Crippen LogP) is 1.29. The molecule has 0 spiro atoms. The smallest absolute Gasteiger partial charge is 0.409 e. The molecule has 2 unspecified atom stereocenters. The maximum absolute atomic E-state index is 13.1. The molecule has 122 valence electrons. The summed E-state index contributed by atoms with van der Waals surface area (Å²) in [6, 6.07) is 0. The van der Waals surface area contributed by atoms with Gasteiger partial charge in [-0.25, -0.2) is 4.79 Å². The van der Waals surface area contributed by atoms with E-state index in [0.29, 0.717) is 44.9 Å². The number of ketones is 1. The standard InChI is InChI=1S/C16H24N2O4/c1-15(2)11-4-5-16(15,12(19)10-11)13(20)17-6-8-18(9-7-17)14(21)22-3/h11H,4-10H2,1-3H3. The van der Waals surface area contributed by atoms with Crippen LogP contribution in [-0.4, -0.2) is 60.9 Å². The molecule has 0 radical (unpaired) electrons. The Balaban J connectivity index is 1.75. The van der Waals surface area contributed by atoms with E-state index in [0.717, 1.165) is 6.42 Å². The van der Waals surface area contributed by atoms with Gasteiger partial charge in [-0.2, -0.15) is 0 Å². The summed E-state index contributed by atoms with van der Waals surface area (Å²) in [6.07, 6.45) is 1.83. The number of Topliss-reactive ketones (excluding diaryl/α,β-unsaturated/α-hetero) is 1. The van der Waals surface area contributed by atoms with Gasteiger partial charge in [-0.15, -0.1) is 0 Å². The number of piperazine rings is 1. The Morgan fingerprint density at radius 2 is 1.73 bits per heavy atom. The highest BCUT2D eigenvalue weighted by molar-refractivity contribution is 6.09. The van der Waals surface area contributed by atoms with E-state index in [4.69, 9.17) is 4.74 Å². The largest absolute Gasteiger partial charge is 0.453 e. The van der Waals surface area contributed by atoms with Crippen molar-refractivity contribution in [2.45, 2.75) is 33.1 Å². The molecule has 0 aromatic carbocycles. The molecule has 0 aromatic heterocycles. The number of rotatable bonds is 1. The number of ether oxygens (including phenoxy) is 1. The third kappa shape index (κ3) is 1.82. The highest BCUT2D eigenvalue weighted by atomic mass is 16.5. The fraction of sp³-hybridized carbons (Fsp3) is 0.812. The third-order valence-corrected chi connectivity index (χ3v) is 6.26. The fourth-order valence-electron chi connectivity index (χ4n) is 4.67. The van der Waals surface area contributed by atoms with Gasteiger partial charge in [0.2, 0.25) is 5.91 Å². The van der Waals surface area contributed by atoms with Gasteiger partial charge in [0.05, 0.1) is 7.11 Å². The summed E-state index contributed by atoms with van der Waals surface area (Å²) in [5.74, 6) is 0.432. The Hall–Kier alpha value is -1.59. The second kappa shape index (κ2) is 4.96. The molecular formula is C16H24N2O4. The second-order valence-electron chi connectivity index (χ2n) is 7.24. The average molecular weight is 308 g/mol. The minimum Gasteiger partial charge on any atom is -0.453 e. The number of hydrogen-bond donors (Lipinski definition) is 0. The maximum atomic E-state index is 13.1. The van der Waals surface area contributed by atoms with E-state index in [2.05, 4.69) is 13.8 Å². The quantitative estimate of drug-likeness (QED) is 0.685. The molecule has 3 fully saturated rings. The molecule has 3 rings (SSSR count). The minimum absolute atomic E-state index is 0.0213. The Bertz CT molecular complexity index is 522. The molecule has 2 aliphatic carbocycles. The van der Waals surface area contributed by atoms with Crippen LogP contribution >= 0.6 is 0 Å². The summed E-state index contributed by atoms with van der Waals surface area (Å²) >= 11 is 0. The van der Waals surface area contributed by atoms with Crippen LogP contribution in [0.4, 0.5) is 4.79 Å². The van der Waals surface area contributed by atoms with Crippen molar-refractivity contribution in [3.63, 3.8) is 0 Å². The number of amides is 2. The average Bonchev–Trinajstić information content (AvgIpc) is 2.88. The summed E-state index contributed by atoms with van der Waals surface area (Å²) in [5, 5.41) is 0. The second-order valence-corrected chi connectivity index (χ2v) is 7.24. The Morgan fingerprint density at radius 3 is 2.18 bits per heavy atom. The summed E-state index contributed by atoms with van der Waals surface area (Å²) in [5.41, 5.74) is -1.08. The molecule has 2 amide bonds. The number of hydrogen-bond acceptors (Lipinski definition) is 4. The first kappa shape index (κ1) is 15.3. The molecule has 3 aliphatic rings. The molecule has 2 bridgehead atoms. The van der Waals surface area contributed by atoms with Crippen molar-refractivity contribution in [3.8, 4) is 0 Å². The van der Waals surface area contributed by atoms with E-state index in [1.165, 1.54) is 7.11 Å². The zero-order chi connectivity index (χ0) is 16.1. The molecule has 2 saturated carbocycles. The van der Waals surface area contributed by atoms with Crippen LogP contribution in [0, 0.1) is 16.7 Å². The van der Waals surface area contributed by atoms with Crippen LogP contribution < -0.4 is 0 Å². The van der Waals surface area contributed by atoms with E-state index in [9.17, 15) is 14.4 Å². The van der Waals surface area contributed by atoms with Crippen LogP contribution in [0.15, 0.2) is 0 Å². The number of fused-ring (bicyclic) bond motifs is 2. The third-order valence-electron chi connectivity index (χ3n) is 6.26. The molecule has 22 heavy (non-hydrogen) atoms. The van der Waals surface area contributed by atoms with E-state index in [1.54, 1.807) is 9.80 Å². The summed E-state index contributed by atoms with van der Waals surface area (Å²) in [7, 11) is 1.36. The van der Waals surface area contributed by atoms with Crippen LogP contribution in [0.1, 0.15) is 33.1 Å². The van der Waals surface area contributed by atoms with Gasteiger partial charge in [0, 0.05) is 32.6 Å². The predicted molar refractivity (Wildman–Crippen MR) is 79.1 cm³/mol. The molecular weight excluding hydrogens is 284 g/mol. The lowest BCUT2D eigenvalue weighted by molar-refractivity contribution is -0.154. The molecule has 1 heterocycles. The van der Waals surface area contributed by atoms with Gasteiger partial charge >= 0.3 is 6.09 Å². The molecule has 6 heteroatoms. The molecule has 6 nitrogen and oxygen atoms in total. The summed E-state index contributed by atoms with van der Waals surface area (Å²) < 4.78 is 4.71. The Kier molecular flexibility index (Phi) is 3.45. The van der Waals surface area contributed by atoms with E-state index < -0.39 is 5.41 Å². The Labute approximate surface area is 130 Å². The molecule has 2 atom stereocenters.